The van der Waals surface area contributed by atoms with Crippen molar-refractivity contribution in [3.05, 3.63) is 113 Å². The fraction of sp³-hybridized carbons (Fsp3) is 0. The predicted molar refractivity (Wildman–Crippen MR) is 128 cm³/mol. The summed E-state index contributed by atoms with van der Waals surface area (Å²) in [5.74, 6) is -2.55. The Morgan fingerprint density at radius 2 is 1.60 bits per heavy atom. The maximum absolute atomic E-state index is 13.0. The summed E-state index contributed by atoms with van der Waals surface area (Å²) in [7, 11) is 0. The topological polar surface area (TPSA) is 119 Å². The molecule has 7 nitrogen and oxygen atoms in total. The number of carbonyl (C=O) groups excluding carboxylic acids is 3. The summed E-state index contributed by atoms with van der Waals surface area (Å²) in [5, 5.41) is 24.7. The number of amides is 1. The summed E-state index contributed by atoms with van der Waals surface area (Å²) in [4.78, 5) is 36.7. The van der Waals surface area contributed by atoms with E-state index in [1.54, 1.807) is 36.4 Å². The van der Waals surface area contributed by atoms with Gasteiger partial charge in [0.05, 0.1) is 11.5 Å². The third-order valence-electron chi connectivity index (χ3n) is 5.15. The number of carboxylic acid groups (broad SMARTS) is 1. The van der Waals surface area contributed by atoms with Crippen LogP contribution in [0.25, 0.3) is 16.8 Å². The molecule has 1 amide bonds. The number of benzene rings is 4. The predicted octanol–water partition coefficient (Wildman–Crippen LogP) is 3.97. The van der Waals surface area contributed by atoms with Crippen LogP contribution in [-0.4, -0.2) is 17.8 Å². The van der Waals surface area contributed by atoms with E-state index in [2.05, 4.69) is 5.32 Å². The number of hydrogen-bond acceptors (Lipinski definition) is 6. The van der Waals surface area contributed by atoms with E-state index in [9.17, 15) is 24.8 Å². The quantitative estimate of drug-likeness (QED) is 0.201. The Bertz CT molecular complexity index is 1530. The second-order valence-corrected chi connectivity index (χ2v) is 7.45. The number of fused-ring (bicyclic) bond motifs is 1. The number of nitrogens with zero attached hydrogens (tertiary/aromatic N) is 1. The molecule has 0 unspecified atom stereocenters. The first-order valence-corrected chi connectivity index (χ1v) is 10.5. The molecule has 0 radical (unpaired) electrons. The van der Waals surface area contributed by atoms with Gasteiger partial charge >= 0.3 is 5.97 Å². The molecule has 0 aliphatic rings. The molecular weight excluding hydrogens is 444 g/mol. The minimum absolute atomic E-state index is 0.115. The summed E-state index contributed by atoms with van der Waals surface area (Å²) < 4.78 is 5.63. The Labute approximate surface area is 200 Å². The van der Waals surface area contributed by atoms with Gasteiger partial charge in [0.2, 0.25) is 0 Å². The van der Waals surface area contributed by atoms with Crippen LogP contribution in [0.4, 0.5) is 5.69 Å². The molecule has 0 saturated heterocycles. The van der Waals surface area contributed by atoms with E-state index in [0.717, 1.165) is 10.8 Å². The lowest BCUT2D eigenvalue weighted by Gasteiger charge is -2.10. The average molecular weight is 461 g/mol. The maximum Gasteiger partial charge on any atom is 0.344 e. The summed E-state index contributed by atoms with van der Waals surface area (Å²) >= 11 is 0. The van der Waals surface area contributed by atoms with Crippen molar-refractivity contribution in [3.63, 3.8) is 0 Å². The lowest BCUT2D eigenvalue weighted by atomic mass is 10.0. The van der Waals surface area contributed by atoms with Gasteiger partial charge in [0, 0.05) is 11.3 Å². The molecule has 0 aliphatic heterocycles. The number of anilines is 1. The zero-order valence-corrected chi connectivity index (χ0v) is 18.2. The van der Waals surface area contributed by atoms with Crippen LogP contribution in [0.15, 0.2) is 96.6 Å². The highest BCUT2D eigenvalue weighted by atomic mass is 16.5. The van der Waals surface area contributed by atoms with Crippen molar-refractivity contribution < 1.29 is 24.2 Å². The minimum atomic E-state index is -1.39. The fourth-order valence-corrected chi connectivity index (χ4v) is 3.48. The van der Waals surface area contributed by atoms with Crippen molar-refractivity contribution in [2.45, 2.75) is 0 Å². The summed E-state index contributed by atoms with van der Waals surface area (Å²) in [6.07, 6.45) is 1.30. The molecule has 0 aromatic heterocycles. The molecule has 4 aromatic carbocycles. The van der Waals surface area contributed by atoms with Crippen LogP contribution in [0, 0.1) is 11.3 Å². The molecule has 0 aliphatic carbocycles. The van der Waals surface area contributed by atoms with Crippen LogP contribution in [0.2, 0.25) is 0 Å². The largest absolute Gasteiger partial charge is 0.545 e. The van der Waals surface area contributed by atoms with Crippen LogP contribution in [-0.2, 0) is 4.79 Å². The number of esters is 1. The third kappa shape index (κ3) is 5.24. The number of ether oxygens (including phenoxy) is 1. The maximum atomic E-state index is 13.0. The van der Waals surface area contributed by atoms with Gasteiger partial charge in [0.1, 0.15) is 17.4 Å². The highest BCUT2D eigenvalue weighted by Gasteiger charge is 2.16. The summed E-state index contributed by atoms with van der Waals surface area (Å²) in [6, 6.07) is 26.6. The van der Waals surface area contributed by atoms with Crippen molar-refractivity contribution in [1.82, 2.24) is 0 Å². The van der Waals surface area contributed by atoms with Gasteiger partial charge in [-0.3, -0.25) is 4.79 Å². The van der Waals surface area contributed by atoms with Crippen molar-refractivity contribution in [1.29, 1.82) is 5.26 Å². The van der Waals surface area contributed by atoms with Crippen molar-refractivity contribution >= 4 is 40.4 Å². The lowest BCUT2D eigenvalue weighted by molar-refractivity contribution is -0.255. The molecule has 0 fully saturated rings. The second-order valence-electron chi connectivity index (χ2n) is 7.45. The van der Waals surface area contributed by atoms with Crippen molar-refractivity contribution in [3.8, 4) is 11.8 Å². The van der Waals surface area contributed by atoms with E-state index in [0.29, 0.717) is 11.1 Å². The van der Waals surface area contributed by atoms with Gasteiger partial charge in [-0.2, -0.15) is 5.26 Å². The Hall–Kier alpha value is -5.22. The summed E-state index contributed by atoms with van der Waals surface area (Å²) in [5.41, 5.74) is 0.534. The average Bonchev–Trinajstić information content (AvgIpc) is 2.87. The first-order chi connectivity index (χ1) is 17.0. The summed E-state index contributed by atoms with van der Waals surface area (Å²) in [6.45, 7) is 0. The molecule has 0 spiro atoms. The Balaban J connectivity index is 1.60. The van der Waals surface area contributed by atoms with Crippen LogP contribution < -0.4 is 15.2 Å². The monoisotopic (exact) mass is 461 g/mol. The molecule has 35 heavy (non-hydrogen) atoms. The SMILES string of the molecule is N#C/C(=C\c1ccccc1OC(=O)c1cccc2ccccc12)C(=O)Nc1cccc(C(=O)[O-])c1. The molecular formula is C28H17N2O5-. The zero-order chi connectivity index (χ0) is 24.8. The van der Waals surface area contributed by atoms with Gasteiger partial charge < -0.3 is 20.0 Å². The number of carbonyl (C=O) groups is 3. The Kier molecular flexibility index (Phi) is 6.66. The van der Waals surface area contributed by atoms with Gasteiger partial charge in [-0.05, 0) is 46.7 Å². The standard InChI is InChI=1S/C28H18N2O5/c29-17-21(26(31)30-22-11-5-10-20(16-22)27(32)33)15-19-8-2-4-14-25(19)35-28(34)24-13-6-9-18-7-1-3-12-23(18)24/h1-16H,(H,30,31)(H,32,33)/p-1/b21-15+. The number of para-hydroxylation sites is 1. The molecule has 0 atom stereocenters. The Morgan fingerprint density at radius 1 is 0.886 bits per heavy atom. The zero-order valence-electron chi connectivity index (χ0n) is 18.2. The van der Waals surface area contributed by atoms with Gasteiger partial charge in [-0.1, -0.05) is 66.7 Å². The van der Waals surface area contributed by atoms with E-state index in [-0.39, 0.29) is 22.6 Å². The number of rotatable bonds is 6. The molecule has 0 bridgehead atoms. The molecule has 170 valence electrons. The number of nitriles is 1. The van der Waals surface area contributed by atoms with E-state index in [4.69, 9.17) is 4.74 Å². The van der Waals surface area contributed by atoms with E-state index in [1.165, 1.54) is 30.3 Å². The highest BCUT2D eigenvalue weighted by Crippen LogP contribution is 2.25. The van der Waals surface area contributed by atoms with Crippen LogP contribution >= 0.6 is 0 Å². The van der Waals surface area contributed by atoms with Crippen LogP contribution in [0.1, 0.15) is 26.3 Å². The highest BCUT2D eigenvalue weighted by molar-refractivity contribution is 6.10. The first kappa shape index (κ1) is 23.0. The van der Waals surface area contributed by atoms with Gasteiger partial charge in [0.25, 0.3) is 5.91 Å². The normalized spacial score (nSPS) is 10.9. The van der Waals surface area contributed by atoms with Crippen LogP contribution in [0.5, 0.6) is 5.75 Å². The lowest BCUT2D eigenvalue weighted by Crippen LogP contribution is -2.22. The van der Waals surface area contributed by atoms with Crippen molar-refractivity contribution in [2.75, 3.05) is 5.32 Å². The molecule has 4 rings (SSSR count). The smallest absolute Gasteiger partial charge is 0.344 e. The third-order valence-corrected chi connectivity index (χ3v) is 5.15. The number of carboxylic acids is 1. The number of aromatic carboxylic acids is 1. The number of nitrogens with one attached hydrogen (secondary N) is 1. The van der Waals surface area contributed by atoms with Crippen molar-refractivity contribution in [2.24, 2.45) is 0 Å². The Morgan fingerprint density at radius 3 is 2.40 bits per heavy atom. The first-order valence-electron chi connectivity index (χ1n) is 10.5. The molecule has 7 heteroatoms. The van der Waals surface area contributed by atoms with Crippen LogP contribution in [0.3, 0.4) is 0 Å². The van der Waals surface area contributed by atoms with E-state index >= 15 is 0 Å². The second kappa shape index (κ2) is 10.1. The molecule has 4 aromatic rings. The number of hydrogen-bond donors (Lipinski definition) is 1. The molecule has 0 heterocycles. The van der Waals surface area contributed by atoms with E-state index in [1.807, 2.05) is 36.4 Å². The van der Waals surface area contributed by atoms with Gasteiger partial charge in [0.15, 0.2) is 0 Å². The minimum Gasteiger partial charge on any atom is -0.545 e. The van der Waals surface area contributed by atoms with Gasteiger partial charge in [-0.25, -0.2) is 4.79 Å². The molecule has 0 saturated carbocycles. The van der Waals surface area contributed by atoms with E-state index < -0.39 is 17.8 Å². The fourth-order valence-electron chi connectivity index (χ4n) is 3.48. The van der Waals surface area contributed by atoms with Gasteiger partial charge in [-0.15, -0.1) is 0 Å². The molecule has 1 N–H and O–H groups in total.